The molecule has 1 amide bonds. The molecule has 0 spiro atoms. The summed E-state index contributed by atoms with van der Waals surface area (Å²) in [5, 5.41) is 3.67. The number of rotatable bonds is 7. The maximum absolute atomic E-state index is 13.4. The van der Waals surface area contributed by atoms with Gasteiger partial charge in [0.15, 0.2) is 0 Å². The maximum atomic E-state index is 13.4. The van der Waals surface area contributed by atoms with Crippen LogP contribution in [-0.4, -0.2) is 12.5 Å². The Morgan fingerprint density at radius 1 is 1.42 bits per heavy atom. The second-order valence-corrected chi connectivity index (χ2v) is 5.14. The number of amides is 1. The summed E-state index contributed by atoms with van der Waals surface area (Å²) in [6.07, 6.45) is 1.90. The van der Waals surface area contributed by atoms with Crippen LogP contribution in [-0.2, 0) is 4.79 Å². The Morgan fingerprint density at radius 2 is 2.11 bits per heavy atom. The molecule has 3 nitrogen and oxygen atoms in total. The fraction of sp³-hybridized carbons (Fsp3) is 0.462. The molecule has 0 heterocycles. The van der Waals surface area contributed by atoms with Crippen LogP contribution in [0.25, 0.3) is 0 Å². The van der Waals surface area contributed by atoms with Gasteiger partial charge >= 0.3 is 0 Å². The largest absolute Gasteiger partial charge is 0.370 e. The first-order valence-corrected chi connectivity index (χ1v) is 6.84. The average molecular weight is 307 g/mol. The van der Waals surface area contributed by atoms with Crippen LogP contribution in [0.2, 0.25) is 10.0 Å². The van der Waals surface area contributed by atoms with E-state index in [1.807, 2.05) is 6.92 Å². The van der Waals surface area contributed by atoms with Crippen molar-refractivity contribution in [2.45, 2.75) is 32.2 Å². The van der Waals surface area contributed by atoms with Gasteiger partial charge in [-0.1, -0.05) is 23.2 Å². The predicted molar refractivity (Wildman–Crippen MR) is 75.9 cm³/mol. The topological polar surface area (TPSA) is 55.1 Å². The second kappa shape index (κ2) is 7.68. The monoisotopic (exact) mass is 306 g/mol. The number of unbranched alkanes of at least 4 members (excludes halogenated alkanes) is 1. The van der Waals surface area contributed by atoms with Crippen molar-refractivity contribution in [3.8, 4) is 0 Å². The van der Waals surface area contributed by atoms with Gasteiger partial charge < -0.3 is 11.1 Å². The maximum Gasteiger partial charge on any atom is 0.217 e. The molecular formula is C13H17Cl2FN2O. The molecule has 0 fully saturated rings. The van der Waals surface area contributed by atoms with Crippen molar-refractivity contribution in [2.24, 2.45) is 5.73 Å². The van der Waals surface area contributed by atoms with Crippen molar-refractivity contribution in [2.75, 3.05) is 6.54 Å². The van der Waals surface area contributed by atoms with Crippen molar-refractivity contribution < 1.29 is 9.18 Å². The van der Waals surface area contributed by atoms with Crippen LogP contribution in [0.15, 0.2) is 12.1 Å². The lowest BCUT2D eigenvalue weighted by molar-refractivity contribution is -0.118. The highest BCUT2D eigenvalue weighted by atomic mass is 35.5. The van der Waals surface area contributed by atoms with Gasteiger partial charge in [-0.05, 0) is 38.4 Å². The minimum absolute atomic E-state index is 0.0460. The van der Waals surface area contributed by atoms with Crippen LogP contribution in [0.3, 0.4) is 0 Å². The van der Waals surface area contributed by atoms with Crippen LogP contribution < -0.4 is 11.1 Å². The van der Waals surface area contributed by atoms with Gasteiger partial charge in [0.25, 0.3) is 0 Å². The number of halogens is 3. The fourth-order valence-corrected chi connectivity index (χ4v) is 2.48. The molecule has 6 heteroatoms. The van der Waals surface area contributed by atoms with Crippen molar-refractivity contribution in [1.29, 1.82) is 0 Å². The zero-order valence-electron chi connectivity index (χ0n) is 10.7. The first-order valence-electron chi connectivity index (χ1n) is 6.08. The molecule has 1 rings (SSSR count). The van der Waals surface area contributed by atoms with E-state index in [1.165, 1.54) is 12.1 Å². The summed E-state index contributed by atoms with van der Waals surface area (Å²) in [4.78, 5) is 10.6. The average Bonchev–Trinajstić information content (AvgIpc) is 2.33. The summed E-state index contributed by atoms with van der Waals surface area (Å²) in [5.41, 5.74) is 5.60. The van der Waals surface area contributed by atoms with E-state index in [1.54, 1.807) is 0 Å². The molecule has 0 saturated carbocycles. The molecule has 0 bridgehead atoms. The van der Waals surface area contributed by atoms with Gasteiger partial charge in [-0.25, -0.2) is 4.39 Å². The number of nitrogens with one attached hydrogen (secondary N) is 1. The minimum atomic E-state index is -0.483. The SMILES string of the molecule is CC(NCCCCC(N)=O)c1c(Cl)ccc(F)c1Cl. The van der Waals surface area contributed by atoms with E-state index in [4.69, 9.17) is 28.9 Å². The van der Waals surface area contributed by atoms with Crippen LogP contribution in [0.4, 0.5) is 4.39 Å². The number of carbonyl (C=O) groups is 1. The highest BCUT2D eigenvalue weighted by Crippen LogP contribution is 2.32. The van der Waals surface area contributed by atoms with Crippen molar-refractivity contribution in [3.05, 3.63) is 33.6 Å². The molecule has 0 aromatic heterocycles. The Hall–Kier alpha value is -0.840. The van der Waals surface area contributed by atoms with Gasteiger partial charge in [0, 0.05) is 23.0 Å². The molecule has 1 aromatic carbocycles. The Kier molecular flexibility index (Phi) is 6.55. The highest BCUT2D eigenvalue weighted by Gasteiger charge is 2.16. The minimum Gasteiger partial charge on any atom is -0.370 e. The van der Waals surface area contributed by atoms with Crippen molar-refractivity contribution >= 4 is 29.1 Å². The van der Waals surface area contributed by atoms with Gasteiger partial charge in [0.2, 0.25) is 5.91 Å². The molecule has 0 aliphatic rings. The molecular weight excluding hydrogens is 290 g/mol. The number of primary amides is 1. The summed E-state index contributed by atoms with van der Waals surface area (Å²) in [7, 11) is 0. The fourth-order valence-electron chi connectivity index (χ4n) is 1.78. The predicted octanol–water partition coefficient (Wildman–Crippen LogP) is 3.44. The van der Waals surface area contributed by atoms with Crippen LogP contribution in [0, 0.1) is 5.82 Å². The van der Waals surface area contributed by atoms with Gasteiger partial charge in [0.1, 0.15) is 5.82 Å². The summed E-state index contributed by atoms with van der Waals surface area (Å²) >= 11 is 11.9. The Morgan fingerprint density at radius 3 is 2.74 bits per heavy atom. The Balaban J connectivity index is 2.52. The van der Waals surface area contributed by atoms with Crippen LogP contribution in [0.1, 0.15) is 37.8 Å². The number of hydrogen-bond donors (Lipinski definition) is 2. The lowest BCUT2D eigenvalue weighted by Crippen LogP contribution is -2.21. The van der Waals surface area contributed by atoms with E-state index in [0.29, 0.717) is 23.6 Å². The van der Waals surface area contributed by atoms with Crippen LogP contribution in [0.5, 0.6) is 0 Å². The van der Waals surface area contributed by atoms with Crippen molar-refractivity contribution in [3.63, 3.8) is 0 Å². The molecule has 1 aromatic rings. The van der Waals surface area contributed by atoms with Gasteiger partial charge in [0.05, 0.1) is 5.02 Å². The summed E-state index contributed by atoms with van der Waals surface area (Å²) < 4.78 is 13.4. The van der Waals surface area contributed by atoms with Crippen molar-refractivity contribution in [1.82, 2.24) is 5.32 Å². The van der Waals surface area contributed by atoms with E-state index in [9.17, 15) is 9.18 Å². The molecule has 0 radical (unpaired) electrons. The van der Waals surface area contributed by atoms with E-state index < -0.39 is 5.82 Å². The number of benzene rings is 1. The molecule has 106 valence electrons. The number of carbonyl (C=O) groups excluding carboxylic acids is 1. The zero-order chi connectivity index (χ0) is 14.4. The third-order valence-electron chi connectivity index (χ3n) is 2.81. The van der Waals surface area contributed by atoms with Gasteiger partial charge in [-0.3, -0.25) is 4.79 Å². The van der Waals surface area contributed by atoms with Gasteiger partial charge in [-0.15, -0.1) is 0 Å². The third kappa shape index (κ3) is 4.97. The molecule has 1 unspecified atom stereocenters. The quantitative estimate of drug-likeness (QED) is 0.599. The van der Waals surface area contributed by atoms with Gasteiger partial charge in [-0.2, -0.15) is 0 Å². The third-order valence-corrected chi connectivity index (χ3v) is 3.53. The smallest absolute Gasteiger partial charge is 0.217 e. The van der Waals surface area contributed by atoms with E-state index >= 15 is 0 Å². The molecule has 0 saturated heterocycles. The standard InChI is InChI=1S/C13H17Cl2FN2O/c1-8(18-7-3-2-4-11(17)19)12-9(14)5-6-10(16)13(12)15/h5-6,8,18H,2-4,7H2,1H3,(H2,17,19). The number of nitrogens with two attached hydrogens (primary N) is 1. The van der Waals surface area contributed by atoms with E-state index in [0.717, 1.165) is 12.8 Å². The summed E-state index contributed by atoms with van der Waals surface area (Å²) in [6, 6.07) is 2.57. The normalized spacial score (nSPS) is 12.4. The zero-order valence-corrected chi connectivity index (χ0v) is 12.2. The molecule has 0 aliphatic heterocycles. The Labute approximate surface area is 122 Å². The lowest BCUT2D eigenvalue weighted by Gasteiger charge is -2.17. The molecule has 3 N–H and O–H groups in total. The van der Waals surface area contributed by atoms with E-state index in [2.05, 4.69) is 5.32 Å². The lowest BCUT2D eigenvalue weighted by atomic mass is 10.1. The summed E-state index contributed by atoms with van der Waals surface area (Å²) in [6.45, 7) is 2.54. The highest BCUT2D eigenvalue weighted by molar-refractivity contribution is 6.36. The molecule has 1 atom stereocenters. The first-order chi connectivity index (χ1) is 8.93. The van der Waals surface area contributed by atoms with Crippen LogP contribution >= 0.6 is 23.2 Å². The first kappa shape index (κ1) is 16.2. The summed E-state index contributed by atoms with van der Waals surface area (Å²) in [5.74, 6) is -0.785. The molecule has 19 heavy (non-hydrogen) atoms. The van der Waals surface area contributed by atoms with E-state index in [-0.39, 0.29) is 17.0 Å². The molecule has 0 aliphatic carbocycles. The second-order valence-electron chi connectivity index (χ2n) is 4.36. The Bertz CT molecular complexity index is 455. The number of hydrogen-bond acceptors (Lipinski definition) is 2.